The Morgan fingerprint density at radius 3 is 2.96 bits per heavy atom. The van der Waals surface area contributed by atoms with E-state index in [4.69, 9.17) is 4.74 Å². The summed E-state index contributed by atoms with van der Waals surface area (Å²) in [5.74, 6) is -0.363. The van der Waals surface area contributed by atoms with E-state index in [0.717, 1.165) is 17.5 Å². The van der Waals surface area contributed by atoms with Gasteiger partial charge in [-0.05, 0) is 36.1 Å². The number of nitrogens with zero attached hydrogens (tertiary/aromatic N) is 5. The Morgan fingerprint density at radius 1 is 1.36 bits per heavy atom. The van der Waals surface area contributed by atoms with Crippen LogP contribution in [0.1, 0.15) is 17.5 Å². The fourth-order valence-electron chi connectivity index (χ4n) is 4.23. The van der Waals surface area contributed by atoms with Crippen molar-refractivity contribution in [2.45, 2.75) is 31.5 Å². The Kier molecular flexibility index (Phi) is 3.88. The smallest absolute Gasteiger partial charge is 0.415 e. The third-order valence-corrected chi connectivity index (χ3v) is 5.64. The average molecular weight is 383 g/mol. The van der Waals surface area contributed by atoms with Crippen LogP contribution in [-0.4, -0.2) is 57.6 Å². The normalized spacial score (nSPS) is 23.3. The maximum atomic E-state index is 14.9. The Labute approximate surface area is 160 Å². The maximum absolute atomic E-state index is 14.9. The van der Waals surface area contributed by atoms with Crippen LogP contribution < -0.4 is 4.90 Å². The Balaban J connectivity index is 1.43. The van der Waals surface area contributed by atoms with E-state index in [9.17, 15) is 14.0 Å². The maximum Gasteiger partial charge on any atom is 0.415 e. The van der Waals surface area contributed by atoms with E-state index in [0.29, 0.717) is 43.7 Å². The quantitative estimate of drug-likeness (QED) is 0.750. The molecule has 2 atom stereocenters. The van der Waals surface area contributed by atoms with Gasteiger partial charge in [0.25, 0.3) is 0 Å². The molecule has 1 aromatic carbocycles. The van der Waals surface area contributed by atoms with Crippen LogP contribution in [0.25, 0.3) is 5.57 Å². The van der Waals surface area contributed by atoms with Gasteiger partial charge in [0.15, 0.2) is 0 Å². The predicted octanol–water partition coefficient (Wildman–Crippen LogP) is 1.61. The number of hydrogen-bond donors (Lipinski definition) is 0. The monoisotopic (exact) mass is 383 g/mol. The number of halogens is 1. The molecule has 0 bridgehead atoms. The summed E-state index contributed by atoms with van der Waals surface area (Å²) in [6.45, 7) is 1.46. The fraction of sp³-hybridized carbons (Fsp3) is 0.368. The van der Waals surface area contributed by atoms with Crippen molar-refractivity contribution in [3.8, 4) is 0 Å². The van der Waals surface area contributed by atoms with Gasteiger partial charge in [0.2, 0.25) is 6.41 Å². The molecular formula is C19H18FN5O3. The first kappa shape index (κ1) is 16.9. The van der Waals surface area contributed by atoms with Crippen LogP contribution in [0.5, 0.6) is 0 Å². The molecular weight excluding hydrogens is 365 g/mol. The molecule has 9 heteroatoms. The molecule has 0 radical (unpaired) electrons. The highest BCUT2D eigenvalue weighted by Gasteiger charge is 2.48. The summed E-state index contributed by atoms with van der Waals surface area (Å²) in [5.41, 5.74) is 2.95. The molecule has 0 aliphatic carbocycles. The molecule has 28 heavy (non-hydrogen) atoms. The van der Waals surface area contributed by atoms with E-state index in [1.54, 1.807) is 26.9 Å². The number of carbonyl (C=O) groups is 2. The summed E-state index contributed by atoms with van der Waals surface area (Å²) < 4.78 is 22.0. The van der Waals surface area contributed by atoms with Gasteiger partial charge in [0, 0.05) is 24.8 Å². The fourth-order valence-corrected chi connectivity index (χ4v) is 4.23. The Morgan fingerprint density at radius 2 is 2.25 bits per heavy atom. The van der Waals surface area contributed by atoms with Crippen molar-refractivity contribution >= 4 is 23.8 Å². The van der Waals surface area contributed by atoms with Crippen molar-refractivity contribution in [3.63, 3.8) is 0 Å². The zero-order valence-corrected chi connectivity index (χ0v) is 15.0. The van der Waals surface area contributed by atoms with Gasteiger partial charge in [0.05, 0.1) is 24.5 Å². The van der Waals surface area contributed by atoms with Gasteiger partial charge in [-0.1, -0.05) is 11.3 Å². The lowest BCUT2D eigenvalue weighted by Crippen LogP contribution is -2.35. The van der Waals surface area contributed by atoms with Gasteiger partial charge in [-0.3, -0.25) is 9.69 Å². The summed E-state index contributed by atoms with van der Waals surface area (Å²) in [6, 6.07) is 3.08. The molecule has 1 saturated heterocycles. The van der Waals surface area contributed by atoms with Crippen molar-refractivity contribution < 1.29 is 18.7 Å². The van der Waals surface area contributed by atoms with Gasteiger partial charge in [-0.2, -0.15) is 0 Å². The van der Waals surface area contributed by atoms with Gasteiger partial charge >= 0.3 is 6.09 Å². The van der Waals surface area contributed by atoms with Crippen LogP contribution in [0.3, 0.4) is 0 Å². The number of benzene rings is 1. The third kappa shape index (κ3) is 2.65. The van der Waals surface area contributed by atoms with Crippen LogP contribution in [0, 0.1) is 5.82 Å². The highest BCUT2D eigenvalue weighted by Crippen LogP contribution is 2.41. The number of aromatic nitrogens is 3. The van der Waals surface area contributed by atoms with E-state index in [1.165, 1.54) is 6.07 Å². The molecule has 2 amide bonds. The lowest BCUT2D eigenvalue weighted by Gasteiger charge is -2.23. The molecule has 8 nitrogen and oxygen atoms in total. The van der Waals surface area contributed by atoms with Crippen LogP contribution in [0.4, 0.5) is 14.9 Å². The highest BCUT2D eigenvalue weighted by atomic mass is 19.1. The van der Waals surface area contributed by atoms with Crippen molar-refractivity contribution in [2.75, 3.05) is 18.0 Å². The minimum absolute atomic E-state index is 0.188. The summed E-state index contributed by atoms with van der Waals surface area (Å²) in [7, 11) is 0. The molecule has 4 heterocycles. The molecule has 5 rings (SSSR count). The predicted molar refractivity (Wildman–Crippen MR) is 96.9 cm³/mol. The molecule has 3 aliphatic rings. The lowest BCUT2D eigenvalue weighted by molar-refractivity contribution is -0.117. The standard InChI is InChI=1S/C19H18FN5O3/c20-15-9-16-13(7-14(15)12-1-4-23(11-26)5-2-12)8-17-18(28-19(27)25(16)17)10-24-6-3-21-22-24/h1,3,6-7,9,11,17-18H,2,4-5,8,10H2/t17-,18?/m0/s1. The summed E-state index contributed by atoms with van der Waals surface area (Å²) in [5, 5.41) is 7.70. The first-order valence-electron chi connectivity index (χ1n) is 9.19. The minimum Gasteiger partial charge on any atom is -0.442 e. The molecule has 2 aromatic rings. The van der Waals surface area contributed by atoms with Crippen molar-refractivity contribution in [2.24, 2.45) is 0 Å². The molecule has 144 valence electrons. The summed E-state index contributed by atoms with van der Waals surface area (Å²) in [4.78, 5) is 26.5. The van der Waals surface area contributed by atoms with Crippen molar-refractivity contribution in [1.82, 2.24) is 19.9 Å². The number of rotatable bonds is 4. The zero-order chi connectivity index (χ0) is 19.3. The molecule has 0 N–H and O–H groups in total. The topological polar surface area (TPSA) is 80.6 Å². The number of hydrogen-bond acceptors (Lipinski definition) is 5. The third-order valence-electron chi connectivity index (χ3n) is 5.64. The van der Waals surface area contributed by atoms with Gasteiger partial charge < -0.3 is 9.64 Å². The second-order valence-corrected chi connectivity index (χ2v) is 7.23. The second-order valence-electron chi connectivity index (χ2n) is 7.23. The minimum atomic E-state index is -0.459. The molecule has 1 unspecified atom stereocenters. The van der Waals surface area contributed by atoms with Gasteiger partial charge in [-0.15, -0.1) is 5.10 Å². The molecule has 3 aliphatic heterocycles. The van der Waals surface area contributed by atoms with E-state index >= 15 is 0 Å². The van der Waals surface area contributed by atoms with Crippen LogP contribution in [0.2, 0.25) is 0 Å². The Bertz CT molecular complexity index is 974. The SMILES string of the molecule is O=CN1CC=C(c2cc3c(cc2F)N2C(=O)OC(Cn4ccnn4)[C@@H]2C3)CC1. The lowest BCUT2D eigenvalue weighted by atomic mass is 9.95. The van der Waals surface area contributed by atoms with Crippen molar-refractivity contribution in [3.05, 3.63) is 47.5 Å². The van der Waals surface area contributed by atoms with Crippen molar-refractivity contribution in [1.29, 1.82) is 0 Å². The second kappa shape index (κ2) is 6.43. The van der Waals surface area contributed by atoms with E-state index in [1.807, 2.05) is 12.1 Å². The highest BCUT2D eigenvalue weighted by molar-refractivity contribution is 5.94. The summed E-state index contributed by atoms with van der Waals surface area (Å²) in [6.07, 6.45) is 6.36. The molecule has 1 aromatic heterocycles. The zero-order valence-electron chi connectivity index (χ0n) is 15.0. The number of carbonyl (C=O) groups excluding carboxylic acids is 2. The number of amides is 2. The Hall–Kier alpha value is -3.23. The number of fused-ring (bicyclic) bond motifs is 3. The molecule has 0 saturated carbocycles. The van der Waals surface area contributed by atoms with Crippen LogP contribution >= 0.6 is 0 Å². The molecule has 1 fully saturated rings. The first-order chi connectivity index (χ1) is 13.6. The van der Waals surface area contributed by atoms with Crippen LogP contribution in [0.15, 0.2) is 30.6 Å². The summed E-state index contributed by atoms with van der Waals surface area (Å²) >= 11 is 0. The number of anilines is 1. The average Bonchev–Trinajstić information content (AvgIpc) is 3.40. The van der Waals surface area contributed by atoms with E-state index in [-0.39, 0.29) is 18.0 Å². The van der Waals surface area contributed by atoms with E-state index in [2.05, 4.69) is 10.3 Å². The van der Waals surface area contributed by atoms with Crippen LogP contribution in [-0.2, 0) is 22.5 Å². The largest absolute Gasteiger partial charge is 0.442 e. The van der Waals surface area contributed by atoms with E-state index < -0.39 is 6.09 Å². The number of ether oxygens (including phenoxy) is 1. The van der Waals surface area contributed by atoms with Gasteiger partial charge in [0.1, 0.15) is 11.9 Å². The number of cyclic esters (lactones) is 1. The van der Waals surface area contributed by atoms with Gasteiger partial charge in [-0.25, -0.2) is 13.9 Å². The molecule has 0 spiro atoms. The first-order valence-corrected chi connectivity index (χ1v) is 9.19.